The van der Waals surface area contributed by atoms with Crippen molar-refractivity contribution in [3.63, 3.8) is 0 Å². The summed E-state index contributed by atoms with van der Waals surface area (Å²) in [5.41, 5.74) is -1.06. The molecule has 1 aliphatic heterocycles. The van der Waals surface area contributed by atoms with Gasteiger partial charge in [-0.3, -0.25) is 4.21 Å². The number of carboxylic acid groups (broad SMARTS) is 1. The number of aliphatic carboxylic acids is 1. The Balaban J connectivity index is 1.92. The lowest BCUT2D eigenvalue weighted by molar-refractivity contribution is -0.148. The third kappa shape index (κ3) is 2.43. The molecule has 0 aromatic rings. The van der Waals surface area contributed by atoms with Crippen LogP contribution in [0.4, 0.5) is 4.79 Å². The van der Waals surface area contributed by atoms with Crippen LogP contribution in [-0.2, 0) is 15.6 Å². The van der Waals surface area contributed by atoms with E-state index in [1.54, 1.807) is 4.90 Å². The maximum absolute atomic E-state index is 11.9. The van der Waals surface area contributed by atoms with Crippen LogP contribution in [0, 0.1) is 0 Å². The van der Waals surface area contributed by atoms with Crippen molar-refractivity contribution in [3.05, 3.63) is 0 Å². The van der Waals surface area contributed by atoms with E-state index in [2.05, 4.69) is 5.32 Å². The van der Waals surface area contributed by atoms with Gasteiger partial charge in [0.25, 0.3) is 0 Å². The lowest BCUT2D eigenvalue weighted by atomic mass is 9.77. The molecule has 7 heteroatoms. The van der Waals surface area contributed by atoms with E-state index in [9.17, 15) is 13.8 Å². The zero-order valence-corrected chi connectivity index (χ0v) is 10.3. The Bertz CT molecular complexity index is 357. The van der Waals surface area contributed by atoms with Crippen molar-refractivity contribution in [2.24, 2.45) is 0 Å². The van der Waals surface area contributed by atoms with Gasteiger partial charge in [0.15, 0.2) is 0 Å². The van der Waals surface area contributed by atoms with E-state index in [-0.39, 0.29) is 6.03 Å². The molecule has 1 saturated carbocycles. The van der Waals surface area contributed by atoms with Gasteiger partial charge in [-0.1, -0.05) is 0 Å². The standard InChI is InChI=1S/C10H16N2O4S/c13-8(14)10(2-1-3-10)11-9(15)12-4-6-17(16)7-5-12/h1-7H2,(H,11,15)(H,13,14). The molecule has 2 aliphatic rings. The first-order valence-corrected chi connectivity index (χ1v) is 7.18. The van der Waals surface area contributed by atoms with Crippen molar-refractivity contribution >= 4 is 22.8 Å². The minimum absolute atomic E-state index is 0.344. The molecule has 0 atom stereocenters. The molecule has 0 spiro atoms. The van der Waals surface area contributed by atoms with Crippen LogP contribution in [0.1, 0.15) is 19.3 Å². The predicted octanol–water partition coefficient (Wildman–Crippen LogP) is -0.232. The Labute approximate surface area is 102 Å². The first kappa shape index (κ1) is 12.3. The lowest BCUT2D eigenvalue weighted by Gasteiger charge is -2.40. The van der Waals surface area contributed by atoms with Crippen LogP contribution >= 0.6 is 0 Å². The Morgan fingerprint density at radius 2 is 1.82 bits per heavy atom. The van der Waals surface area contributed by atoms with Gasteiger partial charge >= 0.3 is 12.0 Å². The van der Waals surface area contributed by atoms with E-state index in [0.29, 0.717) is 37.4 Å². The molecular formula is C10H16N2O4S. The maximum Gasteiger partial charge on any atom is 0.329 e. The van der Waals surface area contributed by atoms with Crippen LogP contribution in [0.3, 0.4) is 0 Å². The minimum atomic E-state index is -1.06. The normalized spacial score (nSPS) is 23.9. The predicted molar refractivity (Wildman–Crippen MR) is 62.2 cm³/mol. The summed E-state index contributed by atoms with van der Waals surface area (Å²) in [5.74, 6) is -0.00117. The molecule has 0 aromatic carbocycles. The molecule has 0 aromatic heterocycles. The molecule has 96 valence electrons. The summed E-state index contributed by atoms with van der Waals surface area (Å²) in [6.07, 6.45) is 1.82. The number of nitrogens with zero attached hydrogens (tertiary/aromatic N) is 1. The third-order valence-corrected chi connectivity index (χ3v) is 4.70. The van der Waals surface area contributed by atoms with Crippen molar-refractivity contribution in [3.8, 4) is 0 Å². The Hall–Kier alpha value is -1.11. The Kier molecular flexibility index (Phi) is 3.37. The minimum Gasteiger partial charge on any atom is -0.480 e. The second kappa shape index (κ2) is 4.64. The van der Waals surface area contributed by atoms with Crippen molar-refractivity contribution in [2.45, 2.75) is 24.8 Å². The van der Waals surface area contributed by atoms with Gasteiger partial charge in [0.05, 0.1) is 0 Å². The fraction of sp³-hybridized carbons (Fsp3) is 0.800. The highest BCUT2D eigenvalue weighted by atomic mass is 32.2. The fourth-order valence-corrected chi connectivity index (χ4v) is 3.10. The Morgan fingerprint density at radius 3 is 2.24 bits per heavy atom. The van der Waals surface area contributed by atoms with Gasteiger partial charge in [-0.15, -0.1) is 0 Å². The van der Waals surface area contributed by atoms with Gasteiger partial charge in [-0.2, -0.15) is 0 Å². The molecule has 6 nitrogen and oxygen atoms in total. The summed E-state index contributed by atoms with van der Waals surface area (Å²) < 4.78 is 11.2. The molecule has 2 amide bonds. The van der Waals surface area contributed by atoms with Crippen LogP contribution < -0.4 is 5.32 Å². The van der Waals surface area contributed by atoms with Crippen molar-refractivity contribution in [1.82, 2.24) is 10.2 Å². The first-order valence-electron chi connectivity index (χ1n) is 5.69. The van der Waals surface area contributed by atoms with Gasteiger partial charge in [-0.25, -0.2) is 9.59 Å². The van der Waals surface area contributed by atoms with Gasteiger partial charge in [0.1, 0.15) is 5.54 Å². The molecule has 1 aliphatic carbocycles. The summed E-state index contributed by atoms with van der Waals surface area (Å²) in [5, 5.41) is 11.7. The molecular weight excluding hydrogens is 244 g/mol. The van der Waals surface area contributed by atoms with E-state index in [1.807, 2.05) is 0 Å². The number of carbonyl (C=O) groups is 2. The van der Waals surface area contributed by atoms with Gasteiger partial charge < -0.3 is 15.3 Å². The molecule has 2 fully saturated rings. The van der Waals surface area contributed by atoms with E-state index in [4.69, 9.17) is 5.11 Å². The summed E-state index contributed by atoms with van der Waals surface area (Å²) in [6.45, 7) is 0.877. The molecule has 2 N–H and O–H groups in total. The summed E-state index contributed by atoms with van der Waals surface area (Å²) in [6, 6.07) is -0.344. The molecule has 0 unspecified atom stereocenters. The van der Waals surface area contributed by atoms with Crippen LogP contribution in [0.5, 0.6) is 0 Å². The lowest BCUT2D eigenvalue weighted by Crippen LogP contribution is -2.62. The number of carbonyl (C=O) groups excluding carboxylic acids is 1. The highest BCUT2D eigenvalue weighted by Crippen LogP contribution is 2.32. The van der Waals surface area contributed by atoms with E-state index >= 15 is 0 Å². The largest absolute Gasteiger partial charge is 0.480 e. The van der Waals surface area contributed by atoms with Crippen LogP contribution in [0.2, 0.25) is 0 Å². The summed E-state index contributed by atoms with van der Waals surface area (Å²) in [4.78, 5) is 24.5. The quantitative estimate of drug-likeness (QED) is 0.718. The van der Waals surface area contributed by atoms with Crippen molar-refractivity contribution in [1.29, 1.82) is 0 Å². The third-order valence-electron chi connectivity index (χ3n) is 3.43. The summed E-state index contributed by atoms with van der Waals surface area (Å²) in [7, 11) is -0.835. The van der Waals surface area contributed by atoms with Crippen molar-refractivity contribution in [2.75, 3.05) is 24.6 Å². The molecule has 1 heterocycles. The number of nitrogens with one attached hydrogen (secondary N) is 1. The highest BCUT2D eigenvalue weighted by molar-refractivity contribution is 7.85. The topological polar surface area (TPSA) is 86.7 Å². The van der Waals surface area contributed by atoms with Gasteiger partial charge in [-0.05, 0) is 19.3 Å². The SMILES string of the molecule is O=C(NC1(C(=O)O)CCC1)N1CCS(=O)CC1. The van der Waals surface area contributed by atoms with Gasteiger partial charge in [0, 0.05) is 35.4 Å². The maximum atomic E-state index is 11.9. The highest BCUT2D eigenvalue weighted by Gasteiger charge is 2.46. The number of carboxylic acids is 1. The molecule has 0 radical (unpaired) electrons. The fourth-order valence-electron chi connectivity index (χ4n) is 2.05. The second-order valence-electron chi connectivity index (χ2n) is 4.51. The van der Waals surface area contributed by atoms with Gasteiger partial charge in [0.2, 0.25) is 0 Å². The smallest absolute Gasteiger partial charge is 0.329 e. The molecule has 17 heavy (non-hydrogen) atoms. The average Bonchev–Trinajstić information content (AvgIpc) is 2.23. The second-order valence-corrected chi connectivity index (χ2v) is 6.20. The van der Waals surface area contributed by atoms with Crippen molar-refractivity contribution < 1.29 is 18.9 Å². The molecule has 2 rings (SSSR count). The Morgan fingerprint density at radius 1 is 1.24 bits per heavy atom. The number of hydrogen-bond donors (Lipinski definition) is 2. The number of hydrogen-bond acceptors (Lipinski definition) is 3. The monoisotopic (exact) mass is 260 g/mol. The number of amides is 2. The van der Waals surface area contributed by atoms with Crippen LogP contribution in [0.25, 0.3) is 0 Å². The zero-order valence-electron chi connectivity index (χ0n) is 9.48. The first-order chi connectivity index (χ1) is 8.03. The van der Waals surface area contributed by atoms with Crippen LogP contribution in [-0.4, -0.2) is 56.3 Å². The number of rotatable bonds is 2. The average molecular weight is 260 g/mol. The molecule has 1 saturated heterocycles. The number of urea groups is 1. The van der Waals surface area contributed by atoms with E-state index < -0.39 is 22.3 Å². The van der Waals surface area contributed by atoms with E-state index in [0.717, 1.165) is 6.42 Å². The van der Waals surface area contributed by atoms with Crippen LogP contribution in [0.15, 0.2) is 0 Å². The summed E-state index contributed by atoms with van der Waals surface area (Å²) >= 11 is 0. The zero-order chi connectivity index (χ0) is 12.5. The molecule has 0 bridgehead atoms. The van der Waals surface area contributed by atoms with E-state index in [1.165, 1.54) is 0 Å².